The quantitative estimate of drug-likeness (QED) is 0.418. The number of nitrogens with zero attached hydrogens (tertiary/aromatic N) is 1. The molecule has 0 saturated heterocycles. The Bertz CT molecular complexity index is 501. The van der Waals surface area contributed by atoms with Crippen molar-refractivity contribution in [3.63, 3.8) is 0 Å². The van der Waals surface area contributed by atoms with E-state index in [1.807, 2.05) is 13.8 Å². The smallest absolute Gasteiger partial charge is 0.347 e. The summed E-state index contributed by atoms with van der Waals surface area (Å²) in [5.41, 5.74) is 0.719. The summed E-state index contributed by atoms with van der Waals surface area (Å²) in [5.74, 6) is -0.416. The Morgan fingerprint density at radius 2 is 2.10 bits per heavy atom. The standard InChI is InChI=1S/C15H21NO5/c1-4-6-7-14(15(17)20-3)21-13-9-8-11(5-2)10-12(13)16(18)19/h8-10,14H,4-7H2,1-3H3. The van der Waals surface area contributed by atoms with Crippen molar-refractivity contribution in [2.45, 2.75) is 45.6 Å². The highest BCUT2D eigenvalue weighted by Gasteiger charge is 2.25. The van der Waals surface area contributed by atoms with Crippen LogP contribution in [0.5, 0.6) is 5.75 Å². The van der Waals surface area contributed by atoms with Gasteiger partial charge in [-0.3, -0.25) is 10.1 Å². The van der Waals surface area contributed by atoms with E-state index < -0.39 is 17.0 Å². The lowest BCUT2D eigenvalue weighted by atomic mass is 10.1. The summed E-state index contributed by atoms with van der Waals surface area (Å²) in [6.45, 7) is 3.91. The number of benzene rings is 1. The zero-order valence-corrected chi connectivity index (χ0v) is 12.6. The van der Waals surface area contributed by atoms with Crippen LogP contribution in [0.15, 0.2) is 18.2 Å². The SMILES string of the molecule is CCCCC(Oc1ccc(CC)cc1[N+](=O)[O-])C(=O)OC. The number of rotatable bonds is 8. The Hall–Kier alpha value is -2.11. The lowest BCUT2D eigenvalue weighted by molar-refractivity contribution is -0.386. The first-order valence-corrected chi connectivity index (χ1v) is 7.05. The van der Waals surface area contributed by atoms with E-state index in [2.05, 4.69) is 0 Å². The number of carbonyl (C=O) groups excluding carboxylic acids is 1. The van der Waals surface area contributed by atoms with Crippen LogP contribution in [0.3, 0.4) is 0 Å². The molecule has 0 N–H and O–H groups in total. The Morgan fingerprint density at radius 3 is 2.62 bits per heavy atom. The van der Waals surface area contributed by atoms with Crippen LogP contribution >= 0.6 is 0 Å². The van der Waals surface area contributed by atoms with Gasteiger partial charge >= 0.3 is 11.7 Å². The maximum atomic E-state index is 11.7. The maximum Gasteiger partial charge on any atom is 0.347 e. The van der Waals surface area contributed by atoms with Crippen LogP contribution in [-0.2, 0) is 16.0 Å². The van der Waals surface area contributed by atoms with Gasteiger partial charge in [0.1, 0.15) is 0 Å². The number of nitro groups is 1. The summed E-state index contributed by atoms with van der Waals surface area (Å²) in [4.78, 5) is 22.3. The Kier molecular flexibility index (Phi) is 6.65. The lowest BCUT2D eigenvalue weighted by Crippen LogP contribution is -2.28. The predicted molar refractivity (Wildman–Crippen MR) is 78.4 cm³/mol. The van der Waals surface area contributed by atoms with Crippen LogP contribution in [0.2, 0.25) is 0 Å². The maximum absolute atomic E-state index is 11.7. The number of ether oxygens (including phenoxy) is 2. The summed E-state index contributed by atoms with van der Waals surface area (Å²) in [7, 11) is 1.28. The second-order valence-corrected chi connectivity index (χ2v) is 4.68. The molecule has 0 spiro atoms. The fraction of sp³-hybridized carbons (Fsp3) is 0.533. The number of hydrogen-bond donors (Lipinski definition) is 0. The van der Waals surface area contributed by atoms with Crippen molar-refractivity contribution in [2.24, 2.45) is 0 Å². The topological polar surface area (TPSA) is 78.7 Å². The van der Waals surface area contributed by atoms with Crippen LogP contribution < -0.4 is 4.74 Å². The van der Waals surface area contributed by atoms with Gasteiger partial charge in [0, 0.05) is 6.07 Å². The third-order valence-electron chi connectivity index (χ3n) is 3.18. The molecule has 1 atom stereocenters. The van der Waals surface area contributed by atoms with Crippen molar-refractivity contribution < 1.29 is 19.2 Å². The largest absolute Gasteiger partial charge is 0.472 e. The number of hydrogen-bond acceptors (Lipinski definition) is 5. The average Bonchev–Trinajstić information content (AvgIpc) is 2.50. The van der Waals surface area contributed by atoms with Crippen LogP contribution in [0.4, 0.5) is 5.69 Å². The molecule has 1 aromatic rings. The minimum absolute atomic E-state index is 0.101. The average molecular weight is 295 g/mol. The fourth-order valence-electron chi connectivity index (χ4n) is 1.92. The number of unbranched alkanes of at least 4 members (excludes halogenated alkanes) is 1. The number of carbonyl (C=O) groups is 1. The zero-order chi connectivity index (χ0) is 15.8. The van der Waals surface area contributed by atoms with Crippen LogP contribution in [0.25, 0.3) is 0 Å². The van der Waals surface area contributed by atoms with Gasteiger partial charge in [-0.15, -0.1) is 0 Å². The molecular formula is C15H21NO5. The summed E-state index contributed by atoms with van der Waals surface area (Å²) in [6, 6.07) is 4.78. The molecule has 0 radical (unpaired) electrons. The molecular weight excluding hydrogens is 274 g/mol. The Balaban J connectivity index is 3.01. The number of methoxy groups -OCH3 is 1. The number of aryl methyl sites for hydroxylation is 1. The molecule has 0 fully saturated rings. The third kappa shape index (κ3) is 4.73. The van der Waals surface area contributed by atoms with E-state index in [4.69, 9.17) is 9.47 Å². The van der Waals surface area contributed by atoms with Crippen molar-refractivity contribution >= 4 is 11.7 Å². The zero-order valence-electron chi connectivity index (χ0n) is 12.6. The molecule has 6 heteroatoms. The molecule has 1 aromatic carbocycles. The third-order valence-corrected chi connectivity index (χ3v) is 3.18. The van der Waals surface area contributed by atoms with E-state index in [0.717, 1.165) is 18.4 Å². The van der Waals surface area contributed by atoms with Gasteiger partial charge < -0.3 is 9.47 Å². The highest BCUT2D eigenvalue weighted by molar-refractivity contribution is 5.75. The first-order valence-electron chi connectivity index (χ1n) is 7.05. The molecule has 0 saturated carbocycles. The van der Waals surface area contributed by atoms with Gasteiger partial charge in [0.15, 0.2) is 11.9 Å². The Labute approximate surface area is 124 Å². The van der Waals surface area contributed by atoms with E-state index >= 15 is 0 Å². The van der Waals surface area contributed by atoms with Crippen molar-refractivity contribution in [1.29, 1.82) is 0 Å². The molecule has 0 aliphatic rings. The summed E-state index contributed by atoms with van der Waals surface area (Å²) in [5, 5.41) is 11.1. The molecule has 0 bridgehead atoms. The minimum Gasteiger partial charge on any atom is -0.472 e. The van der Waals surface area contributed by atoms with Gasteiger partial charge in [-0.25, -0.2) is 4.79 Å². The summed E-state index contributed by atoms with van der Waals surface area (Å²) < 4.78 is 10.2. The van der Waals surface area contributed by atoms with Crippen LogP contribution in [0.1, 0.15) is 38.7 Å². The van der Waals surface area contributed by atoms with E-state index in [1.165, 1.54) is 13.2 Å². The monoisotopic (exact) mass is 295 g/mol. The van der Waals surface area contributed by atoms with Gasteiger partial charge in [0.25, 0.3) is 0 Å². The van der Waals surface area contributed by atoms with Crippen molar-refractivity contribution in [1.82, 2.24) is 0 Å². The second-order valence-electron chi connectivity index (χ2n) is 4.68. The normalized spacial score (nSPS) is 11.8. The molecule has 0 heterocycles. The van der Waals surface area contributed by atoms with Crippen molar-refractivity contribution in [3.05, 3.63) is 33.9 Å². The Morgan fingerprint density at radius 1 is 1.38 bits per heavy atom. The minimum atomic E-state index is -0.818. The fourth-order valence-corrected chi connectivity index (χ4v) is 1.92. The number of nitro benzene ring substituents is 1. The molecule has 1 unspecified atom stereocenters. The van der Waals surface area contributed by atoms with E-state index in [-0.39, 0.29) is 11.4 Å². The number of esters is 1. The molecule has 116 valence electrons. The second kappa shape index (κ2) is 8.24. The first-order chi connectivity index (χ1) is 10.0. The molecule has 0 aliphatic carbocycles. The molecule has 0 amide bonds. The van der Waals surface area contributed by atoms with Gasteiger partial charge in [-0.1, -0.05) is 26.3 Å². The van der Waals surface area contributed by atoms with E-state index in [0.29, 0.717) is 12.8 Å². The van der Waals surface area contributed by atoms with E-state index in [1.54, 1.807) is 12.1 Å². The predicted octanol–water partition coefficient (Wildman–Crippen LogP) is 3.27. The molecule has 0 aromatic heterocycles. The van der Waals surface area contributed by atoms with Gasteiger partial charge in [-0.2, -0.15) is 0 Å². The van der Waals surface area contributed by atoms with Crippen molar-refractivity contribution in [2.75, 3.05) is 7.11 Å². The molecule has 0 aliphatic heterocycles. The van der Waals surface area contributed by atoms with Crippen molar-refractivity contribution in [3.8, 4) is 5.75 Å². The highest BCUT2D eigenvalue weighted by atomic mass is 16.6. The van der Waals surface area contributed by atoms with Gasteiger partial charge in [-0.05, 0) is 30.9 Å². The summed E-state index contributed by atoms with van der Waals surface area (Å²) >= 11 is 0. The van der Waals surface area contributed by atoms with Gasteiger partial charge in [0.2, 0.25) is 0 Å². The molecule has 6 nitrogen and oxygen atoms in total. The van der Waals surface area contributed by atoms with Crippen LogP contribution in [0, 0.1) is 10.1 Å². The molecule has 1 rings (SSSR count). The summed E-state index contributed by atoms with van der Waals surface area (Å²) in [6.07, 6.45) is 2.02. The van der Waals surface area contributed by atoms with Gasteiger partial charge in [0.05, 0.1) is 12.0 Å². The molecule has 21 heavy (non-hydrogen) atoms. The highest BCUT2D eigenvalue weighted by Crippen LogP contribution is 2.30. The lowest BCUT2D eigenvalue weighted by Gasteiger charge is -2.16. The first kappa shape index (κ1) is 16.9. The van der Waals surface area contributed by atoms with E-state index in [9.17, 15) is 14.9 Å². The van der Waals surface area contributed by atoms with Crippen LogP contribution in [-0.4, -0.2) is 24.1 Å².